The van der Waals surface area contributed by atoms with Gasteiger partial charge in [0.1, 0.15) is 0 Å². The molecule has 10 heavy (non-hydrogen) atoms. The van der Waals surface area contributed by atoms with Crippen LogP contribution in [0.3, 0.4) is 0 Å². The van der Waals surface area contributed by atoms with Gasteiger partial charge in [-0.25, -0.2) is 0 Å². The van der Waals surface area contributed by atoms with Gasteiger partial charge >= 0.3 is 5.97 Å². The molecular formula is C6H10O4. The van der Waals surface area contributed by atoms with Gasteiger partial charge in [-0.2, -0.15) is 0 Å². The molecule has 0 aromatic rings. The van der Waals surface area contributed by atoms with Gasteiger partial charge in [-0.15, -0.1) is 0 Å². The Labute approximate surface area is 58.1 Å². The van der Waals surface area contributed by atoms with E-state index in [1.54, 1.807) is 0 Å². The first-order chi connectivity index (χ1) is 4.51. The van der Waals surface area contributed by atoms with Crippen LogP contribution in [0, 0.1) is 5.92 Å². The zero-order valence-corrected chi connectivity index (χ0v) is 5.45. The third-order valence-corrected chi connectivity index (χ3v) is 1.82. The maximum Gasteiger partial charge on any atom is 0.306 e. The minimum atomic E-state index is -1.73. The summed E-state index contributed by atoms with van der Waals surface area (Å²) in [6.07, 6.45) is 0.495. The summed E-state index contributed by atoms with van der Waals surface area (Å²) in [6.45, 7) is 0. The number of aliphatic hydroxyl groups is 2. The summed E-state index contributed by atoms with van der Waals surface area (Å²) in [7, 11) is 0. The Morgan fingerprint density at radius 3 is 2.30 bits per heavy atom. The SMILES string of the molecule is O=C(O)C1CCC(O)(O)C1. The molecule has 1 aliphatic rings. The van der Waals surface area contributed by atoms with E-state index in [1.165, 1.54) is 0 Å². The molecule has 1 unspecified atom stereocenters. The van der Waals surface area contributed by atoms with Crippen LogP contribution in [0.2, 0.25) is 0 Å². The molecule has 0 amide bonds. The lowest BCUT2D eigenvalue weighted by molar-refractivity contribution is -0.162. The Balaban J connectivity index is 2.51. The van der Waals surface area contributed by atoms with Crippen LogP contribution in [-0.4, -0.2) is 27.1 Å². The minimum Gasteiger partial charge on any atom is -0.481 e. The Kier molecular flexibility index (Phi) is 1.66. The molecule has 0 aromatic carbocycles. The molecule has 0 aromatic heterocycles. The molecule has 0 heterocycles. The molecule has 4 nitrogen and oxygen atoms in total. The maximum atomic E-state index is 10.3. The first-order valence-electron chi connectivity index (χ1n) is 3.19. The Bertz CT molecular complexity index is 152. The van der Waals surface area contributed by atoms with Crippen molar-refractivity contribution in [2.24, 2.45) is 5.92 Å². The summed E-state index contributed by atoms with van der Waals surface area (Å²) < 4.78 is 0. The third kappa shape index (κ3) is 1.46. The number of hydrogen-bond donors (Lipinski definition) is 3. The largest absolute Gasteiger partial charge is 0.481 e. The van der Waals surface area contributed by atoms with Gasteiger partial charge in [-0.1, -0.05) is 0 Å². The second-order valence-electron chi connectivity index (χ2n) is 2.76. The van der Waals surface area contributed by atoms with Crippen molar-refractivity contribution in [3.63, 3.8) is 0 Å². The molecule has 58 valence electrons. The maximum absolute atomic E-state index is 10.3. The van der Waals surface area contributed by atoms with Gasteiger partial charge in [0.2, 0.25) is 0 Å². The first kappa shape index (κ1) is 7.50. The first-order valence-corrected chi connectivity index (χ1v) is 3.19. The standard InChI is InChI=1S/C6H10O4/c7-5(8)4-1-2-6(9,10)3-4/h4,9-10H,1-3H2,(H,7,8). The summed E-state index contributed by atoms with van der Waals surface area (Å²) in [5.41, 5.74) is 0. The Morgan fingerprint density at radius 1 is 1.50 bits per heavy atom. The number of carboxylic acids is 1. The molecule has 1 atom stereocenters. The fourth-order valence-corrected chi connectivity index (χ4v) is 1.21. The van der Waals surface area contributed by atoms with Gasteiger partial charge < -0.3 is 15.3 Å². The predicted molar refractivity (Wildman–Crippen MR) is 32.1 cm³/mol. The Morgan fingerprint density at radius 2 is 2.10 bits per heavy atom. The van der Waals surface area contributed by atoms with E-state index >= 15 is 0 Å². The lowest BCUT2D eigenvalue weighted by Gasteiger charge is -2.12. The molecule has 1 saturated carbocycles. The molecule has 0 spiro atoms. The van der Waals surface area contributed by atoms with Crippen molar-refractivity contribution < 1.29 is 20.1 Å². The monoisotopic (exact) mass is 146 g/mol. The highest BCUT2D eigenvalue weighted by atomic mass is 16.5. The predicted octanol–water partition coefficient (Wildman–Crippen LogP) is -0.448. The molecule has 1 aliphatic carbocycles. The van der Waals surface area contributed by atoms with Crippen molar-refractivity contribution in [1.82, 2.24) is 0 Å². The highest BCUT2D eigenvalue weighted by Crippen LogP contribution is 2.32. The smallest absolute Gasteiger partial charge is 0.306 e. The van der Waals surface area contributed by atoms with Crippen LogP contribution in [0.1, 0.15) is 19.3 Å². The number of rotatable bonds is 1. The highest BCUT2D eigenvalue weighted by molar-refractivity contribution is 5.70. The molecule has 0 saturated heterocycles. The molecule has 1 fully saturated rings. The van der Waals surface area contributed by atoms with Crippen LogP contribution >= 0.6 is 0 Å². The second-order valence-corrected chi connectivity index (χ2v) is 2.76. The van der Waals surface area contributed by atoms with Gasteiger partial charge in [0.25, 0.3) is 0 Å². The number of carboxylic acid groups (broad SMARTS) is 1. The second kappa shape index (κ2) is 2.21. The molecular weight excluding hydrogens is 136 g/mol. The van der Waals surface area contributed by atoms with Crippen LogP contribution < -0.4 is 0 Å². The van der Waals surface area contributed by atoms with Crippen molar-refractivity contribution in [2.75, 3.05) is 0 Å². The lowest BCUT2D eigenvalue weighted by atomic mass is 10.1. The van der Waals surface area contributed by atoms with Crippen LogP contribution in [0.4, 0.5) is 0 Å². The topological polar surface area (TPSA) is 77.8 Å². The number of carbonyl (C=O) groups is 1. The van der Waals surface area contributed by atoms with Crippen molar-refractivity contribution in [3.8, 4) is 0 Å². The zero-order chi connectivity index (χ0) is 7.78. The van der Waals surface area contributed by atoms with E-state index in [9.17, 15) is 4.79 Å². The highest BCUT2D eigenvalue weighted by Gasteiger charge is 2.38. The van der Waals surface area contributed by atoms with Gasteiger partial charge in [0.05, 0.1) is 5.92 Å². The quantitative estimate of drug-likeness (QED) is 0.438. The summed E-state index contributed by atoms with van der Waals surface area (Å²) in [5.74, 6) is -3.25. The molecule has 3 N–H and O–H groups in total. The van der Waals surface area contributed by atoms with E-state index in [2.05, 4.69) is 0 Å². The van der Waals surface area contributed by atoms with Crippen molar-refractivity contribution in [1.29, 1.82) is 0 Å². The van der Waals surface area contributed by atoms with Gasteiger partial charge in [0, 0.05) is 12.8 Å². The average Bonchev–Trinajstić information content (AvgIpc) is 2.10. The van der Waals surface area contributed by atoms with Gasteiger partial charge in [-0.05, 0) is 6.42 Å². The fourth-order valence-electron chi connectivity index (χ4n) is 1.21. The van der Waals surface area contributed by atoms with E-state index in [-0.39, 0.29) is 12.8 Å². The summed E-state index contributed by atoms with van der Waals surface area (Å²) >= 11 is 0. The normalized spacial score (nSPS) is 30.4. The van der Waals surface area contributed by atoms with Crippen LogP contribution in [0.15, 0.2) is 0 Å². The number of aliphatic carboxylic acids is 1. The minimum absolute atomic E-state index is 0.0394. The van der Waals surface area contributed by atoms with E-state index in [0.717, 1.165) is 0 Å². The average molecular weight is 146 g/mol. The van der Waals surface area contributed by atoms with E-state index in [4.69, 9.17) is 15.3 Å². The molecule has 1 rings (SSSR count). The molecule has 0 aliphatic heterocycles. The van der Waals surface area contributed by atoms with Crippen LogP contribution in [0.25, 0.3) is 0 Å². The summed E-state index contributed by atoms with van der Waals surface area (Å²) in [6, 6.07) is 0. The fraction of sp³-hybridized carbons (Fsp3) is 0.833. The van der Waals surface area contributed by atoms with E-state index < -0.39 is 17.7 Å². The van der Waals surface area contributed by atoms with Crippen molar-refractivity contribution in [3.05, 3.63) is 0 Å². The van der Waals surface area contributed by atoms with Crippen molar-refractivity contribution in [2.45, 2.75) is 25.0 Å². The Hall–Kier alpha value is -0.610. The zero-order valence-electron chi connectivity index (χ0n) is 5.45. The lowest BCUT2D eigenvalue weighted by Crippen LogP contribution is -2.24. The molecule has 4 heteroatoms. The van der Waals surface area contributed by atoms with Crippen molar-refractivity contribution >= 4 is 5.97 Å². The van der Waals surface area contributed by atoms with Gasteiger partial charge in [-0.3, -0.25) is 4.79 Å². The van der Waals surface area contributed by atoms with E-state index in [1.807, 2.05) is 0 Å². The number of hydrogen-bond acceptors (Lipinski definition) is 3. The summed E-state index contributed by atoms with van der Waals surface area (Å²) in [4.78, 5) is 10.3. The van der Waals surface area contributed by atoms with Gasteiger partial charge in [0.15, 0.2) is 5.79 Å². The van der Waals surface area contributed by atoms with E-state index in [0.29, 0.717) is 6.42 Å². The molecule has 0 bridgehead atoms. The van der Waals surface area contributed by atoms with Crippen LogP contribution in [0.5, 0.6) is 0 Å². The van der Waals surface area contributed by atoms with Crippen LogP contribution in [-0.2, 0) is 4.79 Å². The summed E-state index contributed by atoms with van der Waals surface area (Å²) in [5, 5.41) is 26.2. The third-order valence-electron chi connectivity index (χ3n) is 1.82. The molecule has 0 radical (unpaired) electrons.